The van der Waals surface area contributed by atoms with Gasteiger partial charge in [-0.25, -0.2) is 0 Å². The normalized spacial score (nSPS) is 23.8. The lowest BCUT2D eigenvalue weighted by Gasteiger charge is -2.33. The fourth-order valence-electron chi connectivity index (χ4n) is 1.64. The van der Waals surface area contributed by atoms with Crippen LogP contribution in [0.1, 0.15) is 0 Å². The Kier molecular flexibility index (Phi) is 3.16. The van der Waals surface area contributed by atoms with Crippen molar-refractivity contribution in [2.75, 3.05) is 5.73 Å². The Balaban J connectivity index is 2.53. The number of nitrogen functional groups attached to an aromatic ring is 1. The second-order valence-corrected chi connectivity index (χ2v) is 4.38. The van der Waals surface area contributed by atoms with Gasteiger partial charge in [0.1, 0.15) is 0 Å². The summed E-state index contributed by atoms with van der Waals surface area (Å²) in [7, 11) is 0. The highest BCUT2D eigenvalue weighted by Crippen LogP contribution is 2.54. The van der Waals surface area contributed by atoms with Gasteiger partial charge in [-0.15, -0.1) is 11.6 Å². The predicted molar refractivity (Wildman–Crippen MR) is 56.6 cm³/mol. The summed E-state index contributed by atoms with van der Waals surface area (Å²) in [5.41, 5.74) is 5.06. The third-order valence-electron chi connectivity index (χ3n) is 2.54. The van der Waals surface area contributed by atoms with Crippen molar-refractivity contribution >= 4 is 17.3 Å². The zero-order valence-corrected chi connectivity index (χ0v) is 10.1. The number of anilines is 1. The van der Waals surface area contributed by atoms with Crippen molar-refractivity contribution in [2.24, 2.45) is 0 Å². The second kappa shape index (κ2) is 4.24. The molecule has 0 saturated heterocycles. The SMILES string of the molecule is Nc1cccc2c1OC(C(Cl)C(F)(F)F)(C(F)(F)F)O2. The number of alkyl halides is 7. The van der Waals surface area contributed by atoms with Crippen LogP contribution < -0.4 is 15.2 Å². The molecule has 1 heterocycles. The Bertz CT molecular complexity index is 531. The van der Waals surface area contributed by atoms with Gasteiger partial charge in [-0.1, -0.05) is 6.07 Å². The molecule has 0 spiro atoms. The van der Waals surface area contributed by atoms with Crippen LogP contribution in [0.3, 0.4) is 0 Å². The van der Waals surface area contributed by atoms with Crippen LogP contribution >= 0.6 is 11.6 Å². The van der Waals surface area contributed by atoms with Gasteiger partial charge in [0.05, 0.1) is 5.69 Å². The number of hydrogen-bond donors (Lipinski definition) is 1. The molecule has 2 N–H and O–H groups in total. The van der Waals surface area contributed by atoms with Crippen LogP contribution in [0.15, 0.2) is 18.2 Å². The molecule has 3 nitrogen and oxygen atoms in total. The van der Waals surface area contributed by atoms with Crippen molar-refractivity contribution in [3.8, 4) is 11.5 Å². The van der Waals surface area contributed by atoms with Gasteiger partial charge in [0, 0.05) is 0 Å². The molecule has 0 fully saturated rings. The maximum absolute atomic E-state index is 13.0. The largest absolute Gasteiger partial charge is 0.470 e. The lowest BCUT2D eigenvalue weighted by atomic mass is 10.1. The molecule has 10 heteroatoms. The maximum Gasteiger partial charge on any atom is 0.470 e. The molecule has 0 radical (unpaired) electrons. The number of para-hydroxylation sites is 1. The van der Waals surface area contributed by atoms with Crippen molar-refractivity contribution in [2.45, 2.75) is 23.5 Å². The Morgan fingerprint density at radius 1 is 1.10 bits per heavy atom. The minimum Gasteiger partial charge on any atom is -0.439 e. The smallest absolute Gasteiger partial charge is 0.439 e. The monoisotopic (exact) mass is 321 g/mol. The van der Waals surface area contributed by atoms with Crippen LogP contribution in [0.5, 0.6) is 11.5 Å². The van der Waals surface area contributed by atoms with Crippen LogP contribution in [-0.2, 0) is 0 Å². The number of benzene rings is 1. The number of fused-ring (bicyclic) bond motifs is 1. The van der Waals surface area contributed by atoms with Gasteiger partial charge in [-0.2, -0.15) is 26.3 Å². The van der Waals surface area contributed by atoms with Gasteiger partial charge in [0.2, 0.25) is 5.38 Å². The number of halogens is 7. The molecule has 2 atom stereocenters. The van der Waals surface area contributed by atoms with E-state index in [4.69, 9.17) is 17.3 Å². The van der Waals surface area contributed by atoms with Crippen LogP contribution in [0.4, 0.5) is 32.0 Å². The van der Waals surface area contributed by atoms with E-state index in [0.717, 1.165) is 12.1 Å². The summed E-state index contributed by atoms with van der Waals surface area (Å²) in [5, 5.41) is -3.46. The fourth-order valence-corrected chi connectivity index (χ4v) is 1.85. The van der Waals surface area contributed by atoms with E-state index in [9.17, 15) is 26.3 Å². The molecule has 0 saturated carbocycles. The highest BCUT2D eigenvalue weighted by atomic mass is 35.5. The minimum atomic E-state index is -5.53. The Morgan fingerprint density at radius 3 is 2.15 bits per heavy atom. The van der Waals surface area contributed by atoms with Crippen molar-refractivity contribution in [3.05, 3.63) is 18.2 Å². The molecule has 0 aliphatic carbocycles. The third kappa shape index (κ3) is 2.09. The summed E-state index contributed by atoms with van der Waals surface area (Å²) in [4.78, 5) is 0. The zero-order chi connectivity index (χ0) is 15.3. The molecule has 1 aliphatic heterocycles. The minimum absolute atomic E-state index is 0.292. The van der Waals surface area contributed by atoms with E-state index in [1.807, 2.05) is 0 Å². The average molecular weight is 322 g/mol. The summed E-state index contributed by atoms with van der Waals surface area (Å²) < 4.78 is 85.5. The molecule has 20 heavy (non-hydrogen) atoms. The molecule has 0 aromatic heterocycles. The van der Waals surface area contributed by atoms with Crippen LogP contribution in [-0.4, -0.2) is 23.5 Å². The van der Waals surface area contributed by atoms with Gasteiger partial charge in [-0.3, -0.25) is 0 Å². The summed E-state index contributed by atoms with van der Waals surface area (Å²) in [6.07, 6.45) is -10.9. The maximum atomic E-state index is 13.0. The molecular weight excluding hydrogens is 316 g/mol. The van der Waals surface area contributed by atoms with E-state index >= 15 is 0 Å². The number of nitrogens with two attached hydrogens (primary N) is 1. The van der Waals surface area contributed by atoms with E-state index in [1.54, 1.807) is 0 Å². The molecule has 0 amide bonds. The first-order valence-electron chi connectivity index (χ1n) is 5.03. The Hall–Kier alpha value is -1.51. The van der Waals surface area contributed by atoms with Crippen LogP contribution in [0.2, 0.25) is 0 Å². The van der Waals surface area contributed by atoms with Gasteiger partial charge < -0.3 is 15.2 Å². The molecular formula is C10H6ClF6NO2. The average Bonchev–Trinajstić information content (AvgIpc) is 2.68. The van der Waals surface area contributed by atoms with Gasteiger partial charge in [0.15, 0.2) is 11.5 Å². The van der Waals surface area contributed by atoms with Gasteiger partial charge in [-0.05, 0) is 12.1 Å². The molecule has 0 bridgehead atoms. The van der Waals surface area contributed by atoms with Crippen molar-refractivity contribution < 1.29 is 35.8 Å². The summed E-state index contributed by atoms with van der Waals surface area (Å²) >= 11 is 4.91. The summed E-state index contributed by atoms with van der Waals surface area (Å²) in [6, 6.07) is 3.37. The van der Waals surface area contributed by atoms with E-state index in [1.165, 1.54) is 6.07 Å². The quantitative estimate of drug-likeness (QED) is 0.489. The molecule has 2 unspecified atom stereocenters. The predicted octanol–water partition coefficient (Wildman–Crippen LogP) is 3.47. The number of ether oxygens (including phenoxy) is 2. The summed E-state index contributed by atoms with van der Waals surface area (Å²) in [6.45, 7) is 0. The number of hydrogen-bond acceptors (Lipinski definition) is 3. The molecule has 112 valence electrons. The van der Waals surface area contributed by atoms with E-state index in [2.05, 4.69) is 9.47 Å². The molecule has 1 aromatic carbocycles. The lowest BCUT2D eigenvalue weighted by molar-refractivity contribution is -0.334. The van der Waals surface area contributed by atoms with Gasteiger partial charge >= 0.3 is 18.1 Å². The standard InChI is InChI=1S/C10H6ClF6NO2/c11-7(9(12,13)14)8(10(15,16)17)19-5-3-1-2-4(18)6(5)20-8/h1-3,7H,18H2. The first-order chi connectivity index (χ1) is 8.99. The highest BCUT2D eigenvalue weighted by molar-refractivity contribution is 6.22. The first-order valence-corrected chi connectivity index (χ1v) is 5.47. The van der Waals surface area contributed by atoms with Crippen LogP contribution in [0.25, 0.3) is 0 Å². The fraction of sp³-hybridized carbons (Fsp3) is 0.400. The van der Waals surface area contributed by atoms with E-state index in [-0.39, 0.29) is 5.69 Å². The second-order valence-electron chi connectivity index (χ2n) is 3.95. The van der Waals surface area contributed by atoms with Crippen molar-refractivity contribution in [1.82, 2.24) is 0 Å². The number of rotatable bonds is 1. The molecule has 2 rings (SSSR count). The van der Waals surface area contributed by atoms with E-state index < -0.39 is 35.0 Å². The van der Waals surface area contributed by atoms with Crippen molar-refractivity contribution in [3.63, 3.8) is 0 Å². The highest BCUT2D eigenvalue weighted by Gasteiger charge is 2.74. The molecule has 1 aliphatic rings. The van der Waals surface area contributed by atoms with Gasteiger partial charge in [0.25, 0.3) is 0 Å². The third-order valence-corrected chi connectivity index (χ3v) is 3.08. The summed E-state index contributed by atoms with van der Waals surface area (Å²) in [5.74, 6) is -5.25. The van der Waals surface area contributed by atoms with Crippen LogP contribution in [0, 0.1) is 0 Å². The zero-order valence-electron chi connectivity index (χ0n) is 9.35. The van der Waals surface area contributed by atoms with E-state index in [0.29, 0.717) is 0 Å². The topological polar surface area (TPSA) is 44.5 Å². The first kappa shape index (κ1) is 14.9. The Labute approximate surface area is 113 Å². The van der Waals surface area contributed by atoms with Crippen molar-refractivity contribution in [1.29, 1.82) is 0 Å². The Morgan fingerprint density at radius 2 is 1.70 bits per heavy atom. The molecule has 1 aromatic rings. The lowest BCUT2D eigenvalue weighted by Crippen LogP contribution is -2.63.